The van der Waals surface area contributed by atoms with Crippen LogP contribution in [0.1, 0.15) is 30.9 Å². The molecule has 0 aliphatic rings. The van der Waals surface area contributed by atoms with Gasteiger partial charge in [-0.1, -0.05) is 6.07 Å². The van der Waals surface area contributed by atoms with E-state index < -0.39 is 5.60 Å². The van der Waals surface area contributed by atoms with E-state index in [1.54, 1.807) is 26.2 Å². The average molecular weight is 293 g/mol. The molecule has 4 heteroatoms. The Labute approximate surface area is 129 Å². The lowest BCUT2D eigenvalue weighted by Gasteiger charge is -2.15. The highest BCUT2D eigenvalue weighted by atomic mass is 16.3. The Morgan fingerprint density at radius 3 is 2.27 bits per heavy atom. The van der Waals surface area contributed by atoms with E-state index in [9.17, 15) is 5.11 Å². The Hall–Kier alpha value is -2.33. The van der Waals surface area contributed by atoms with Crippen LogP contribution in [0.4, 0.5) is 0 Å². The lowest BCUT2D eigenvalue weighted by molar-refractivity contribution is 0.0687. The quantitative estimate of drug-likeness (QED) is 0.785. The van der Waals surface area contributed by atoms with E-state index in [1.165, 1.54) is 5.56 Å². The Bertz CT molecular complexity index is 833. The first-order valence-corrected chi connectivity index (χ1v) is 7.28. The largest absolute Gasteiger partial charge is 0.382 e. The van der Waals surface area contributed by atoms with Crippen molar-refractivity contribution in [2.24, 2.45) is 0 Å². The van der Waals surface area contributed by atoms with Crippen molar-refractivity contribution in [3.05, 3.63) is 53.7 Å². The number of hydrogen-bond donors (Lipinski definition) is 1. The van der Waals surface area contributed by atoms with E-state index in [0.29, 0.717) is 5.82 Å². The van der Waals surface area contributed by atoms with Gasteiger partial charge in [0.05, 0.1) is 5.52 Å². The predicted molar refractivity (Wildman–Crippen MR) is 87.5 cm³/mol. The zero-order valence-electron chi connectivity index (χ0n) is 13.3. The van der Waals surface area contributed by atoms with Gasteiger partial charge >= 0.3 is 0 Å². The molecule has 0 radical (unpaired) electrons. The number of aliphatic hydroxyl groups is 1. The SMILES string of the molecule is Cc1cc2cc(-c3cnc(C(C)(C)O)nc3)ccc2nc1C. The maximum absolute atomic E-state index is 9.92. The minimum Gasteiger partial charge on any atom is -0.382 e. The van der Waals surface area contributed by atoms with Crippen molar-refractivity contribution in [1.82, 2.24) is 15.0 Å². The third-order valence-electron chi connectivity index (χ3n) is 3.79. The molecule has 0 aliphatic heterocycles. The van der Waals surface area contributed by atoms with Gasteiger partial charge in [0, 0.05) is 29.0 Å². The zero-order chi connectivity index (χ0) is 15.9. The molecule has 0 fully saturated rings. The van der Waals surface area contributed by atoms with Crippen LogP contribution in [0.5, 0.6) is 0 Å². The highest BCUT2D eigenvalue weighted by molar-refractivity contribution is 5.84. The normalized spacial score (nSPS) is 11.9. The number of aryl methyl sites for hydroxylation is 2. The molecule has 3 aromatic rings. The molecule has 0 saturated carbocycles. The second-order valence-electron chi connectivity index (χ2n) is 6.15. The number of hydrogen-bond acceptors (Lipinski definition) is 4. The average Bonchev–Trinajstić information content (AvgIpc) is 2.47. The molecule has 0 saturated heterocycles. The van der Waals surface area contributed by atoms with Crippen molar-refractivity contribution < 1.29 is 5.11 Å². The zero-order valence-corrected chi connectivity index (χ0v) is 13.3. The van der Waals surface area contributed by atoms with E-state index in [4.69, 9.17) is 0 Å². The van der Waals surface area contributed by atoms with Crippen molar-refractivity contribution >= 4 is 10.9 Å². The molecular weight excluding hydrogens is 274 g/mol. The van der Waals surface area contributed by atoms with Crippen LogP contribution in [0.15, 0.2) is 36.7 Å². The Balaban J connectivity index is 2.05. The molecule has 2 heterocycles. The summed E-state index contributed by atoms with van der Waals surface area (Å²) in [6, 6.07) is 8.28. The van der Waals surface area contributed by atoms with E-state index in [2.05, 4.69) is 34.0 Å². The van der Waals surface area contributed by atoms with Gasteiger partial charge in [-0.3, -0.25) is 4.98 Å². The molecule has 4 nitrogen and oxygen atoms in total. The maximum atomic E-state index is 9.92. The van der Waals surface area contributed by atoms with Crippen LogP contribution in [-0.2, 0) is 5.60 Å². The van der Waals surface area contributed by atoms with E-state index in [-0.39, 0.29) is 0 Å². The summed E-state index contributed by atoms with van der Waals surface area (Å²) in [7, 11) is 0. The minimum atomic E-state index is -1.03. The Kier molecular flexibility index (Phi) is 3.41. The molecule has 3 rings (SSSR count). The van der Waals surface area contributed by atoms with Crippen LogP contribution in [0.2, 0.25) is 0 Å². The molecule has 22 heavy (non-hydrogen) atoms. The lowest BCUT2D eigenvalue weighted by Crippen LogP contribution is -2.19. The van der Waals surface area contributed by atoms with E-state index in [1.807, 2.05) is 19.1 Å². The first-order valence-electron chi connectivity index (χ1n) is 7.28. The van der Waals surface area contributed by atoms with Gasteiger partial charge in [0.1, 0.15) is 5.60 Å². The van der Waals surface area contributed by atoms with Gasteiger partial charge in [-0.15, -0.1) is 0 Å². The van der Waals surface area contributed by atoms with Crippen molar-refractivity contribution in [3.8, 4) is 11.1 Å². The topological polar surface area (TPSA) is 58.9 Å². The van der Waals surface area contributed by atoms with Gasteiger partial charge in [-0.25, -0.2) is 9.97 Å². The lowest BCUT2D eigenvalue weighted by atomic mass is 10.0. The van der Waals surface area contributed by atoms with Gasteiger partial charge in [-0.2, -0.15) is 0 Å². The highest BCUT2D eigenvalue weighted by Gasteiger charge is 2.19. The summed E-state index contributed by atoms with van der Waals surface area (Å²) in [6.45, 7) is 7.44. The fraction of sp³-hybridized carbons (Fsp3) is 0.278. The summed E-state index contributed by atoms with van der Waals surface area (Å²) in [5.74, 6) is 0.421. The van der Waals surface area contributed by atoms with Crippen LogP contribution in [0.3, 0.4) is 0 Å². The molecule has 1 N–H and O–H groups in total. The summed E-state index contributed by atoms with van der Waals surface area (Å²) in [6.07, 6.45) is 3.49. The number of aromatic nitrogens is 3. The first-order chi connectivity index (χ1) is 10.3. The summed E-state index contributed by atoms with van der Waals surface area (Å²) in [4.78, 5) is 13.1. The summed E-state index contributed by atoms with van der Waals surface area (Å²) in [5, 5.41) is 11.0. The molecule has 0 spiro atoms. The molecule has 112 valence electrons. The second-order valence-corrected chi connectivity index (χ2v) is 6.15. The summed E-state index contributed by atoms with van der Waals surface area (Å²) < 4.78 is 0. The number of rotatable bonds is 2. The van der Waals surface area contributed by atoms with Gasteiger partial charge in [0.25, 0.3) is 0 Å². The number of pyridine rings is 1. The number of nitrogens with zero attached hydrogens (tertiary/aromatic N) is 3. The van der Waals surface area contributed by atoms with Crippen molar-refractivity contribution in [2.45, 2.75) is 33.3 Å². The number of benzene rings is 1. The number of fused-ring (bicyclic) bond motifs is 1. The van der Waals surface area contributed by atoms with Gasteiger partial charge in [0.15, 0.2) is 5.82 Å². The molecule has 0 unspecified atom stereocenters. The van der Waals surface area contributed by atoms with Gasteiger partial charge in [-0.05, 0) is 57.0 Å². The van der Waals surface area contributed by atoms with Crippen LogP contribution in [0, 0.1) is 13.8 Å². The van der Waals surface area contributed by atoms with Crippen LogP contribution in [-0.4, -0.2) is 20.1 Å². The van der Waals surface area contributed by atoms with Crippen LogP contribution >= 0.6 is 0 Å². The smallest absolute Gasteiger partial charge is 0.159 e. The molecule has 0 aliphatic carbocycles. The van der Waals surface area contributed by atoms with Crippen LogP contribution in [0.25, 0.3) is 22.0 Å². The third kappa shape index (κ3) is 2.70. The minimum absolute atomic E-state index is 0.421. The molecule has 0 amide bonds. The van der Waals surface area contributed by atoms with Gasteiger partial charge in [0.2, 0.25) is 0 Å². The fourth-order valence-electron chi connectivity index (χ4n) is 2.35. The molecular formula is C18H19N3O. The maximum Gasteiger partial charge on any atom is 0.159 e. The highest BCUT2D eigenvalue weighted by Crippen LogP contribution is 2.25. The third-order valence-corrected chi connectivity index (χ3v) is 3.79. The predicted octanol–water partition coefficient (Wildman–Crippen LogP) is 3.54. The van der Waals surface area contributed by atoms with Crippen molar-refractivity contribution in [2.75, 3.05) is 0 Å². The molecule has 1 aromatic carbocycles. The van der Waals surface area contributed by atoms with Crippen molar-refractivity contribution in [3.63, 3.8) is 0 Å². The summed E-state index contributed by atoms with van der Waals surface area (Å²) >= 11 is 0. The first kappa shape index (κ1) is 14.6. The monoisotopic (exact) mass is 293 g/mol. The Morgan fingerprint density at radius 2 is 1.64 bits per heavy atom. The fourth-order valence-corrected chi connectivity index (χ4v) is 2.35. The summed E-state index contributed by atoms with van der Waals surface area (Å²) in [5.41, 5.74) is 4.16. The van der Waals surface area contributed by atoms with E-state index >= 15 is 0 Å². The molecule has 2 aromatic heterocycles. The van der Waals surface area contributed by atoms with Crippen LogP contribution < -0.4 is 0 Å². The standard InChI is InChI=1S/C18H19N3O/c1-11-7-14-8-13(5-6-16(14)21-12(11)2)15-9-19-17(20-10-15)18(3,4)22/h5-10,22H,1-4H3. The second kappa shape index (κ2) is 5.14. The van der Waals surface area contributed by atoms with Gasteiger partial charge < -0.3 is 5.11 Å². The Morgan fingerprint density at radius 1 is 0.955 bits per heavy atom. The molecule has 0 atom stereocenters. The van der Waals surface area contributed by atoms with E-state index in [0.717, 1.165) is 27.7 Å². The van der Waals surface area contributed by atoms with Crippen molar-refractivity contribution in [1.29, 1.82) is 0 Å². The molecule has 0 bridgehead atoms.